The minimum Gasteiger partial charge on any atom is -0.354 e. The van der Waals surface area contributed by atoms with Gasteiger partial charge in [-0.15, -0.1) is 6.58 Å². The van der Waals surface area contributed by atoms with Crippen LogP contribution in [-0.2, 0) is 6.54 Å². The van der Waals surface area contributed by atoms with E-state index in [9.17, 15) is 0 Å². The van der Waals surface area contributed by atoms with E-state index in [0.29, 0.717) is 0 Å². The van der Waals surface area contributed by atoms with Gasteiger partial charge in [0.1, 0.15) is 0 Å². The lowest BCUT2D eigenvalue weighted by atomic mass is 10.3. The maximum absolute atomic E-state index is 4.26. The number of aliphatic imine (C=N–C) groups is 1. The molecule has 0 saturated carbocycles. The van der Waals surface area contributed by atoms with Crippen LogP contribution < -0.4 is 5.32 Å². The third kappa shape index (κ3) is 5.03. The Morgan fingerprint density at radius 1 is 1.61 bits per heavy atom. The van der Waals surface area contributed by atoms with Crippen molar-refractivity contribution in [1.29, 1.82) is 0 Å². The normalized spacial score (nSPS) is 11.3. The average molecular weight is 249 g/mol. The van der Waals surface area contributed by atoms with Crippen molar-refractivity contribution < 1.29 is 0 Å². The van der Waals surface area contributed by atoms with E-state index in [1.807, 2.05) is 30.1 Å². The molecule has 100 valence electrons. The fraction of sp³-hybridized carbons (Fsp3) is 0.538. The Morgan fingerprint density at radius 2 is 2.44 bits per heavy atom. The van der Waals surface area contributed by atoms with E-state index in [1.165, 1.54) is 0 Å². The van der Waals surface area contributed by atoms with Crippen molar-refractivity contribution in [3.8, 4) is 0 Å². The second-order valence-electron chi connectivity index (χ2n) is 4.10. The Hall–Kier alpha value is -1.78. The lowest BCUT2D eigenvalue weighted by molar-refractivity contribution is 0.465. The molecule has 0 aliphatic rings. The molecule has 5 nitrogen and oxygen atoms in total. The quantitative estimate of drug-likeness (QED) is 0.343. The monoisotopic (exact) mass is 249 g/mol. The number of unbranched alkanes of at least 4 members (excludes halogenated alkanes) is 1. The fourth-order valence-electron chi connectivity index (χ4n) is 1.68. The van der Waals surface area contributed by atoms with Gasteiger partial charge in [0, 0.05) is 39.6 Å². The predicted molar refractivity (Wildman–Crippen MR) is 75.6 cm³/mol. The lowest BCUT2D eigenvalue weighted by Gasteiger charge is -2.21. The van der Waals surface area contributed by atoms with E-state index in [-0.39, 0.29) is 0 Å². The van der Waals surface area contributed by atoms with Crippen LogP contribution in [0.25, 0.3) is 0 Å². The molecule has 0 atom stereocenters. The summed E-state index contributed by atoms with van der Waals surface area (Å²) in [7, 11) is 3.85. The topological polar surface area (TPSA) is 45.5 Å². The van der Waals surface area contributed by atoms with Gasteiger partial charge in [-0.05, 0) is 18.9 Å². The summed E-state index contributed by atoms with van der Waals surface area (Å²) in [6, 6.07) is 1.93. The average Bonchev–Trinajstić information content (AvgIpc) is 2.88. The van der Waals surface area contributed by atoms with Crippen molar-refractivity contribution >= 4 is 5.96 Å². The molecule has 0 aliphatic carbocycles. The molecule has 0 radical (unpaired) electrons. The molecule has 0 fully saturated rings. The van der Waals surface area contributed by atoms with E-state index in [4.69, 9.17) is 0 Å². The molecule has 0 aromatic carbocycles. The molecular weight excluding hydrogens is 226 g/mol. The summed E-state index contributed by atoms with van der Waals surface area (Å²) in [4.78, 5) is 6.39. The number of nitrogens with one attached hydrogen (secondary N) is 1. The number of hydrogen-bond donors (Lipinski definition) is 1. The Kier molecular flexibility index (Phi) is 6.61. The molecule has 0 bridgehead atoms. The molecule has 1 N–H and O–H groups in total. The van der Waals surface area contributed by atoms with E-state index in [1.54, 1.807) is 13.2 Å². The van der Waals surface area contributed by atoms with Crippen LogP contribution in [0.1, 0.15) is 12.8 Å². The molecule has 0 spiro atoms. The highest BCUT2D eigenvalue weighted by molar-refractivity contribution is 5.79. The summed E-state index contributed by atoms with van der Waals surface area (Å²) in [6.45, 7) is 6.37. The number of nitrogens with zero attached hydrogens (tertiary/aromatic N) is 4. The van der Waals surface area contributed by atoms with Gasteiger partial charge in [0.15, 0.2) is 5.96 Å². The zero-order valence-corrected chi connectivity index (χ0v) is 11.3. The molecule has 0 unspecified atom stereocenters. The number of hydrogen-bond acceptors (Lipinski definition) is 2. The van der Waals surface area contributed by atoms with Gasteiger partial charge in [0.05, 0.1) is 6.54 Å². The predicted octanol–water partition coefficient (Wildman–Crippen LogP) is 1.36. The second-order valence-corrected chi connectivity index (χ2v) is 4.10. The molecular formula is C13H23N5. The SMILES string of the molecule is C=CCCCN(C)C(=NC)NCCn1cccn1. The van der Waals surface area contributed by atoms with E-state index in [0.717, 1.165) is 38.4 Å². The van der Waals surface area contributed by atoms with Gasteiger partial charge in [-0.1, -0.05) is 6.08 Å². The first-order valence-electron chi connectivity index (χ1n) is 6.28. The van der Waals surface area contributed by atoms with Crippen LogP contribution in [0, 0.1) is 0 Å². The van der Waals surface area contributed by atoms with Crippen LogP contribution in [0.5, 0.6) is 0 Å². The smallest absolute Gasteiger partial charge is 0.193 e. The highest BCUT2D eigenvalue weighted by Crippen LogP contribution is 1.94. The zero-order valence-electron chi connectivity index (χ0n) is 11.3. The minimum atomic E-state index is 0.820. The zero-order chi connectivity index (χ0) is 13.2. The molecule has 1 heterocycles. The third-order valence-electron chi connectivity index (χ3n) is 2.66. The lowest BCUT2D eigenvalue weighted by Crippen LogP contribution is -2.40. The van der Waals surface area contributed by atoms with Gasteiger partial charge in [0.25, 0.3) is 0 Å². The van der Waals surface area contributed by atoms with Crippen molar-refractivity contribution in [3.63, 3.8) is 0 Å². The van der Waals surface area contributed by atoms with Crippen molar-refractivity contribution in [2.45, 2.75) is 19.4 Å². The number of aromatic nitrogens is 2. The van der Waals surface area contributed by atoms with Crippen molar-refractivity contribution in [2.24, 2.45) is 4.99 Å². The number of allylic oxidation sites excluding steroid dienone is 1. The van der Waals surface area contributed by atoms with Gasteiger partial charge >= 0.3 is 0 Å². The number of guanidine groups is 1. The Morgan fingerprint density at radius 3 is 3.06 bits per heavy atom. The first-order chi connectivity index (χ1) is 8.77. The highest BCUT2D eigenvalue weighted by atomic mass is 15.3. The van der Waals surface area contributed by atoms with E-state index < -0.39 is 0 Å². The van der Waals surface area contributed by atoms with Crippen molar-refractivity contribution in [1.82, 2.24) is 20.0 Å². The van der Waals surface area contributed by atoms with Gasteiger partial charge < -0.3 is 10.2 Å². The number of rotatable bonds is 7. The van der Waals surface area contributed by atoms with Gasteiger partial charge in [-0.25, -0.2) is 0 Å². The first kappa shape index (κ1) is 14.3. The van der Waals surface area contributed by atoms with Crippen LogP contribution in [0.2, 0.25) is 0 Å². The van der Waals surface area contributed by atoms with E-state index >= 15 is 0 Å². The summed E-state index contributed by atoms with van der Waals surface area (Å²) < 4.78 is 1.90. The summed E-state index contributed by atoms with van der Waals surface area (Å²) in [6.07, 6.45) is 7.82. The summed E-state index contributed by atoms with van der Waals surface area (Å²) >= 11 is 0. The van der Waals surface area contributed by atoms with Crippen LogP contribution in [0.3, 0.4) is 0 Å². The van der Waals surface area contributed by atoms with Gasteiger partial charge in [0.2, 0.25) is 0 Å². The third-order valence-corrected chi connectivity index (χ3v) is 2.66. The largest absolute Gasteiger partial charge is 0.354 e. The first-order valence-corrected chi connectivity index (χ1v) is 6.28. The summed E-state index contributed by atoms with van der Waals surface area (Å²) in [5.41, 5.74) is 0. The maximum atomic E-state index is 4.26. The summed E-state index contributed by atoms with van der Waals surface area (Å²) in [5.74, 6) is 0.922. The van der Waals surface area contributed by atoms with Crippen LogP contribution in [0.15, 0.2) is 36.1 Å². The Balaban J connectivity index is 2.26. The highest BCUT2D eigenvalue weighted by Gasteiger charge is 2.04. The van der Waals surface area contributed by atoms with E-state index in [2.05, 4.69) is 26.9 Å². The molecule has 0 aliphatic heterocycles. The maximum Gasteiger partial charge on any atom is 0.193 e. The van der Waals surface area contributed by atoms with Crippen LogP contribution in [0.4, 0.5) is 0 Å². The molecule has 1 rings (SSSR count). The molecule has 0 amide bonds. The van der Waals surface area contributed by atoms with Crippen molar-refractivity contribution in [2.75, 3.05) is 27.2 Å². The summed E-state index contributed by atoms with van der Waals surface area (Å²) in [5, 5.41) is 7.48. The Labute approximate surface area is 109 Å². The second kappa shape index (κ2) is 8.33. The van der Waals surface area contributed by atoms with Crippen molar-refractivity contribution in [3.05, 3.63) is 31.1 Å². The molecule has 1 aromatic heterocycles. The Bertz CT molecular complexity index is 355. The molecule has 5 heteroatoms. The van der Waals surface area contributed by atoms with Gasteiger partial charge in [-0.2, -0.15) is 5.10 Å². The standard InChI is InChI=1S/C13H23N5/c1-4-5-6-10-17(3)13(14-2)15-9-12-18-11-7-8-16-18/h4,7-8,11H,1,5-6,9-10,12H2,2-3H3,(H,14,15). The van der Waals surface area contributed by atoms with Crippen LogP contribution >= 0.6 is 0 Å². The fourth-order valence-corrected chi connectivity index (χ4v) is 1.68. The molecule has 18 heavy (non-hydrogen) atoms. The molecule has 1 aromatic rings. The van der Waals surface area contributed by atoms with Crippen LogP contribution in [-0.4, -0.2) is 47.8 Å². The minimum absolute atomic E-state index is 0.820. The molecule has 0 saturated heterocycles. The van der Waals surface area contributed by atoms with Gasteiger partial charge in [-0.3, -0.25) is 9.67 Å².